The average molecular weight is 260 g/mol. The van der Waals surface area contributed by atoms with Crippen molar-refractivity contribution in [3.05, 3.63) is 0 Å². The van der Waals surface area contributed by atoms with E-state index in [-0.39, 0.29) is 63.6 Å². The fraction of sp³-hybridized carbons (Fsp3) is 0. The maximum absolute atomic E-state index is 8.74. The van der Waals surface area contributed by atoms with Gasteiger partial charge in [-0.15, -0.1) is 0 Å². The molecule has 0 atom stereocenters. The van der Waals surface area contributed by atoms with E-state index in [9.17, 15) is 0 Å². The van der Waals surface area contributed by atoms with E-state index in [1.54, 1.807) is 0 Å². The van der Waals surface area contributed by atoms with Gasteiger partial charge in [0.1, 0.15) is 0 Å². The van der Waals surface area contributed by atoms with Gasteiger partial charge in [0.25, 0.3) is 0 Å². The summed E-state index contributed by atoms with van der Waals surface area (Å²) in [7, 11) is -9.33. The minimum absolute atomic E-state index is 0. The molecule has 0 unspecified atom stereocenters. The van der Waals surface area contributed by atoms with Crippen molar-refractivity contribution in [1.29, 1.82) is 0 Å². The van der Waals surface area contributed by atoms with Gasteiger partial charge in [0.05, 0.1) is 0 Å². The maximum atomic E-state index is 8.74. The van der Waals surface area contributed by atoms with Crippen LogP contribution in [0, 0.1) is 0 Å². The Morgan fingerprint density at radius 1 is 0.769 bits per heavy atom. The second-order valence-electron chi connectivity index (χ2n) is 0.896. The summed E-state index contributed by atoms with van der Waals surface area (Å²) in [5.74, 6) is 0. The first-order chi connectivity index (χ1) is 4.00. The van der Waals surface area contributed by atoms with Gasteiger partial charge >= 0.3 is 62.7 Å². The summed E-state index contributed by atoms with van der Waals surface area (Å²) in [5, 5.41) is 0. The van der Waals surface area contributed by atoms with E-state index >= 15 is 0 Å². The van der Waals surface area contributed by atoms with Crippen LogP contribution in [0.3, 0.4) is 0 Å². The van der Waals surface area contributed by atoms with Gasteiger partial charge in [0, 0.05) is 0 Å². The molecule has 76 valence electrons. The van der Waals surface area contributed by atoms with Crippen LogP contribution in [0.1, 0.15) is 4.28 Å². The Morgan fingerprint density at radius 3 is 0.769 bits per heavy atom. The summed E-state index contributed by atoms with van der Waals surface area (Å²) in [6, 6.07) is 0. The molecule has 0 aromatic carbocycles. The molecular formula is H10AlLiMgO8S2. The molecule has 0 aliphatic carbocycles. The van der Waals surface area contributed by atoms with Gasteiger partial charge in [-0.1, -0.05) is 0 Å². The molecule has 4 N–H and O–H groups in total. The third-order valence-corrected chi connectivity index (χ3v) is 0. The van der Waals surface area contributed by atoms with Crippen molar-refractivity contribution in [2.45, 2.75) is 0 Å². The second-order valence-corrected chi connectivity index (χ2v) is 2.69. The van der Waals surface area contributed by atoms with Crippen LogP contribution in [-0.2, 0) is 20.8 Å². The third-order valence-electron chi connectivity index (χ3n) is 0. The molecule has 0 aromatic rings. The zero-order valence-corrected chi connectivity index (χ0v) is 8.99. The molecule has 0 bridgehead atoms. The third kappa shape index (κ3) is 690. The summed E-state index contributed by atoms with van der Waals surface area (Å²) >= 11 is 0. The quantitative estimate of drug-likeness (QED) is 0.249. The van der Waals surface area contributed by atoms with E-state index < -0.39 is 20.8 Å². The number of hydrogen-bond donors (Lipinski definition) is 4. The second kappa shape index (κ2) is 11.7. The molecular weight excluding hydrogens is 250 g/mol. The number of rotatable bonds is 0. The number of hydrogen-bond acceptors (Lipinski definition) is 4. The first-order valence-corrected chi connectivity index (χ1v) is 4.19. The molecule has 13 heavy (non-hydrogen) atoms. The summed E-state index contributed by atoms with van der Waals surface area (Å²) in [6.45, 7) is 0. The standard InChI is InChI=1S/Al.Li.Mg.2H2O4S.6H/c;;;2*1-5(2,3)4;;;;;;/h;;;2*(H2,1,2,3,4);;;;;;/q;+1;+2;;;;;;3*-1. The predicted octanol–water partition coefficient (Wildman–Crippen LogP) is -5.53. The van der Waals surface area contributed by atoms with E-state index in [4.69, 9.17) is 35.0 Å². The molecule has 0 aliphatic heterocycles. The summed E-state index contributed by atoms with van der Waals surface area (Å²) in [5.41, 5.74) is 0. The van der Waals surface area contributed by atoms with Crippen LogP contribution >= 0.6 is 0 Å². The van der Waals surface area contributed by atoms with Crippen LogP contribution in [0.5, 0.6) is 0 Å². The molecule has 0 rings (SSSR count). The Morgan fingerprint density at radius 2 is 0.769 bits per heavy atom. The molecule has 0 radical (unpaired) electrons. The fourth-order valence-electron chi connectivity index (χ4n) is 0. The molecule has 13 heteroatoms. The molecule has 0 saturated carbocycles. The molecule has 8 nitrogen and oxygen atoms in total. The van der Waals surface area contributed by atoms with Crippen molar-refractivity contribution >= 4 is 61.2 Å². The Bertz CT molecular complexity index is 230. The summed E-state index contributed by atoms with van der Waals surface area (Å²) < 4.78 is 63.2. The Balaban J connectivity index is -0.00000000970. The molecule has 0 amide bonds. The smallest absolute Gasteiger partial charge is 1.00 e. The van der Waals surface area contributed by atoms with E-state index in [2.05, 4.69) is 0 Å². The van der Waals surface area contributed by atoms with Gasteiger partial charge < -0.3 is 4.28 Å². The van der Waals surface area contributed by atoms with E-state index in [0.29, 0.717) is 0 Å². The minimum atomic E-state index is -4.67. The van der Waals surface area contributed by atoms with Crippen LogP contribution in [-0.4, -0.2) is 75.5 Å². The average Bonchev–Trinajstić information content (AvgIpc) is 1.12. The van der Waals surface area contributed by atoms with Crippen molar-refractivity contribution in [1.82, 2.24) is 0 Å². The molecule has 0 spiro atoms. The van der Waals surface area contributed by atoms with Gasteiger partial charge in [0.15, 0.2) is 17.4 Å². The van der Waals surface area contributed by atoms with Gasteiger partial charge in [-0.05, 0) is 0 Å². The van der Waals surface area contributed by atoms with Crippen LogP contribution in [0.25, 0.3) is 0 Å². The van der Waals surface area contributed by atoms with Crippen LogP contribution in [0.2, 0.25) is 0 Å². The Kier molecular flexibility index (Phi) is 26.4. The van der Waals surface area contributed by atoms with Crippen molar-refractivity contribution in [2.75, 3.05) is 0 Å². The first-order valence-electron chi connectivity index (χ1n) is 1.40. The van der Waals surface area contributed by atoms with Gasteiger partial charge in [-0.2, -0.15) is 16.8 Å². The van der Waals surface area contributed by atoms with Gasteiger partial charge in [-0.25, -0.2) is 0 Å². The minimum Gasteiger partial charge on any atom is -1.00 e. The Labute approximate surface area is 119 Å². The zero-order valence-electron chi connectivity index (χ0n) is 8.95. The molecule has 0 saturated heterocycles. The van der Waals surface area contributed by atoms with Crippen LogP contribution in [0.15, 0.2) is 0 Å². The van der Waals surface area contributed by atoms with Crippen molar-refractivity contribution in [2.24, 2.45) is 0 Å². The van der Waals surface area contributed by atoms with E-state index in [1.807, 2.05) is 0 Å². The predicted molar refractivity (Wildman–Crippen MR) is 47.4 cm³/mol. The zero-order chi connectivity index (χ0) is 9.00. The Hall–Kier alpha value is 1.64. The molecule has 0 heterocycles. The molecule has 0 aromatic heterocycles. The van der Waals surface area contributed by atoms with Gasteiger partial charge in [0.2, 0.25) is 0 Å². The van der Waals surface area contributed by atoms with Crippen molar-refractivity contribution < 1.29 is 58.2 Å². The SMILES string of the molecule is O=S(=O)(O)O.O=S(=O)(O)O.[AlH3].[H-].[H-].[H-].[Li+].[Mg+2]. The maximum Gasteiger partial charge on any atom is 2.00 e. The van der Waals surface area contributed by atoms with Gasteiger partial charge in [-0.3, -0.25) is 18.2 Å². The normalized spacial score (nSPS) is 8.92. The molecule has 0 aliphatic rings. The molecule has 0 fully saturated rings. The van der Waals surface area contributed by atoms with E-state index in [1.165, 1.54) is 0 Å². The van der Waals surface area contributed by atoms with Crippen molar-refractivity contribution in [3.8, 4) is 0 Å². The fourth-order valence-corrected chi connectivity index (χ4v) is 0. The summed E-state index contributed by atoms with van der Waals surface area (Å²) in [4.78, 5) is 0. The van der Waals surface area contributed by atoms with Crippen molar-refractivity contribution in [3.63, 3.8) is 0 Å². The monoisotopic (exact) mass is 260 g/mol. The topological polar surface area (TPSA) is 149 Å². The summed E-state index contributed by atoms with van der Waals surface area (Å²) in [6.07, 6.45) is 0. The largest absolute Gasteiger partial charge is 2.00 e. The van der Waals surface area contributed by atoms with Crippen LogP contribution in [0.4, 0.5) is 0 Å². The van der Waals surface area contributed by atoms with Crippen LogP contribution < -0.4 is 18.9 Å². The first kappa shape index (κ1) is 29.3. The van der Waals surface area contributed by atoms with E-state index in [0.717, 1.165) is 0 Å².